The summed E-state index contributed by atoms with van der Waals surface area (Å²) in [6, 6.07) is 0. The van der Waals surface area contributed by atoms with Crippen molar-refractivity contribution in [2.24, 2.45) is 11.8 Å². The maximum Gasteiger partial charge on any atom is 0.0959 e. The fourth-order valence-corrected chi connectivity index (χ4v) is 3.94. The van der Waals surface area contributed by atoms with Crippen LogP contribution in [0, 0.1) is 11.8 Å². The molecule has 0 radical (unpaired) electrons. The minimum Gasteiger partial charge on any atom is -0.246 e. The van der Waals surface area contributed by atoms with Crippen molar-refractivity contribution in [1.29, 1.82) is 0 Å². The van der Waals surface area contributed by atoms with E-state index in [4.69, 9.17) is 4.98 Å². The third kappa shape index (κ3) is 3.09. The fourth-order valence-electron chi connectivity index (χ4n) is 2.79. The second-order valence-corrected chi connectivity index (χ2v) is 7.01. The predicted molar refractivity (Wildman–Crippen MR) is 75.7 cm³/mol. The van der Waals surface area contributed by atoms with E-state index in [1.54, 1.807) is 0 Å². The molecular weight excluding hydrogens is 226 g/mol. The molecule has 17 heavy (non-hydrogen) atoms. The van der Waals surface area contributed by atoms with Crippen LogP contribution in [-0.4, -0.2) is 4.98 Å². The minimum absolute atomic E-state index is 0.576. The van der Waals surface area contributed by atoms with Crippen molar-refractivity contribution in [2.75, 3.05) is 0 Å². The molecule has 1 nitrogen and oxygen atoms in total. The van der Waals surface area contributed by atoms with Crippen molar-refractivity contribution >= 4 is 11.3 Å². The van der Waals surface area contributed by atoms with E-state index in [1.165, 1.54) is 36.4 Å². The van der Waals surface area contributed by atoms with E-state index in [9.17, 15) is 0 Å². The molecule has 2 rings (SSSR count). The van der Waals surface area contributed by atoms with Crippen LogP contribution < -0.4 is 0 Å². The highest BCUT2D eigenvalue weighted by Crippen LogP contribution is 2.39. The van der Waals surface area contributed by atoms with Gasteiger partial charge in [0.1, 0.15) is 0 Å². The van der Waals surface area contributed by atoms with E-state index in [2.05, 4.69) is 33.1 Å². The van der Waals surface area contributed by atoms with Gasteiger partial charge in [-0.25, -0.2) is 4.98 Å². The fraction of sp³-hybridized carbons (Fsp3) is 0.800. The average molecular weight is 251 g/mol. The van der Waals surface area contributed by atoms with Crippen LogP contribution in [0.1, 0.15) is 75.9 Å². The zero-order valence-electron chi connectivity index (χ0n) is 11.6. The van der Waals surface area contributed by atoms with Crippen molar-refractivity contribution in [3.05, 3.63) is 16.1 Å². The van der Waals surface area contributed by atoms with Gasteiger partial charge in [-0.3, -0.25) is 0 Å². The van der Waals surface area contributed by atoms with Gasteiger partial charge in [0.05, 0.1) is 10.7 Å². The van der Waals surface area contributed by atoms with Gasteiger partial charge in [0.25, 0.3) is 0 Å². The summed E-state index contributed by atoms with van der Waals surface area (Å²) < 4.78 is 0. The molecule has 0 spiro atoms. The number of aromatic nitrogens is 1. The molecule has 0 bridgehead atoms. The Hall–Kier alpha value is -0.370. The van der Waals surface area contributed by atoms with E-state index >= 15 is 0 Å². The number of thiazole rings is 1. The molecule has 1 aromatic rings. The molecule has 0 amide bonds. The molecule has 2 heteroatoms. The Morgan fingerprint density at radius 2 is 1.76 bits per heavy atom. The van der Waals surface area contributed by atoms with Crippen LogP contribution >= 0.6 is 11.3 Å². The SMILES string of the molecule is CC(C)c1csc(C2CCC(C(C)C)CC2)n1. The first-order valence-corrected chi connectivity index (χ1v) is 7.91. The molecule has 0 aliphatic heterocycles. The molecule has 1 fully saturated rings. The molecule has 1 aromatic heterocycles. The maximum absolute atomic E-state index is 4.82. The third-order valence-corrected chi connectivity index (χ3v) is 5.22. The van der Waals surface area contributed by atoms with E-state index in [1.807, 2.05) is 11.3 Å². The van der Waals surface area contributed by atoms with E-state index in [-0.39, 0.29) is 0 Å². The number of rotatable bonds is 3. The maximum atomic E-state index is 4.82. The third-order valence-electron chi connectivity index (χ3n) is 4.20. The van der Waals surface area contributed by atoms with Crippen molar-refractivity contribution < 1.29 is 0 Å². The molecule has 0 saturated heterocycles. The number of nitrogens with zero attached hydrogens (tertiary/aromatic N) is 1. The normalized spacial score (nSPS) is 25.8. The molecule has 1 heterocycles. The summed E-state index contributed by atoms with van der Waals surface area (Å²) in [6.07, 6.45) is 5.51. The molecule has 0 atom stereocenters. The van der Waals surface area contributed by atoms with E-state index in [0.29, 0.717) is 5.92 Å². The van der Waals surface area contributed by atoms with Gasteiger partial charge < -0.3 is 0 Å². The Morgan fingerprint density at radius 1 is 1.12 bits per heavy atom. The van der Waals surface area contributed by atoms with Crippen molar-refractivity contribution in [2.45, 2.75) is 65.2 Å². The molecule has 0 aromatic carbocycles. The molecule has 1 aliphatic carbocycles. The second-order valence-electron chi connectivity index (χ2n) is 6.12. The zero-order chi connectivity index (χ0) is 12.4. The topological polar surface area (TPSA) is 12.9 Å². The summed E-state index contributed by atoms with van der Waals surface area (Å²) in [6.45, 7) is 9.19. The second kappa shape index (κ2) is 5.51. The number of hydrogen-bond acceptors (Lipinski definition) is 2. The van der Waals surface area contributed by atoms with Crippen LogP contribution in [0.5, 0.6) is 0 Å². The van der Waals surface area contributed by atoms with Gasteiger partial charge in [0.15, 0.2) is 0 Å². The van der Waals surface area contributed by atoms with Crippen LogP contribution in [0.25, 0.3) is 0 Å². The summed E-state index contributed by atoms with van der Waals surface area (Å²) in [5, 5.41) is 3.66. The smallest absolute Gasteiger partial charge is 0.0959 e. The predicted octanol–water partition coefficient (Wildman–Crippen LogP) is 5.20. The highest BCUT2D eigenvalue weighted by Gasteiger charge is 2.26. The van der Waals surface area contributed by atoms with E-state index < -0.39 is 0 Å². The first-order chi connectivity index (χ1) is 8.08. The van der Waals surface area contributed by atoms with Gasteiger partial charge in [-0.1, -0.05) is 27.7 Å². The lowest BCUT2D eigenvalue weighted by atomic mass is 9.77. The first kappa shape index (κ1) is 13.1. The minimum atomic E-state index is 0.576. The molecule has 0 unspecified atom stereocenters. The van der Waals surface area contributed by atoms with E-state index in [0.717, 1.165) is 17.8 Å². The highest BCUT2D eigenvalue weighted by molar-refractivity contribution is 7.09. The highest BCUT2D eigenvalue weighted by atomic mass is 32.1. The first-order valence-electron chi connectivity index (χ1n) is 7.03. The zero-order valence-corrected chi connectivity index (χ0v) is 12.4. The molecular formula is C15H25NS. The van der Waals surface area contributed by atoms with Crippen LogP contribution in [0.3, 0.4) is 0 Å². The molecule has 1 aliphatic rings. The van der Waals surface area contributed by atoms with Gasteiger partial charge in [0, 0.05) is 11.3 Å². The summed E-state index contributed by atoms with van der Waals surface area (Å²) >= 11 is 1.88. The van der Waals surface area contributed by atoms with Crippen LogP contribution in [0.2, 0.25) is 0 Å². The Morgan fingerprint density at radius 3 is 2.24 bits per heavy atom. The lowest BCUT2D eigenvalue weighted by molar-refractivity contribution is 0.258. The van der Waals surface area contributed by atoms with Gasteiger partial charge in [-0.05, 0) is 43.4 Å². The van der Waals surface area contributed by atoms with Crippen molar-refractivity contribution in [1.82, 2.24) is 4.98 Å². The molecule has 1 saturated carbocycles. The van der Waals surface area contributed by atoms with Gasteiger partial charge in [-0.2, -0.15) is 0 Å². The van der Waals surface area contributed by atoms with Gasteiger partial charge in [-0.15, -0.1) is 11.3 Å². The van der Waals surface area contributed by atoms with Crippen molar-refractivity contribution in [3.63, 3.8) is 0 Å². The Balaban J connectivity index is 1.96. The van der Waals surface area contributed by atoms with Crippen molar-refractivity contribution in [3.8, 4) is 0 Å². The van der Waals surface area contributed by atoms with Crippen LogP contribution in [0.4, 0.5) is 0 Å². The number of hydrogen-bond donors (Lipinski definition) is 0. The standard InChI is InChI=1S/C15H25NS/c1-10(2)12-5-7-13(8-6-12)15-16-14(9-17-15)11(3)4/h9-13H,5-8H2,1-4H3. The Labute approximate surface area is 110 Å². The summed E-state index contributed by atoms with van der Waals surface area (Å²) in [5.74, 6) is 3.14. The average Bonchev–Trinajstić information content (AvgIpc) is 2.78. The monoisotopic (exact) mass is 251 g/mol. The Kier molecular flexibility index (Phi) is 4.24. The lowest BCUT2D eigenvalue weighted by Gasteiger charge is -2.29. The summed E-state index contributed by atoms with van der Waals surface area (Å²) in [7, 11) is 0. The van der Waals surface area contributed by atoms with Gasteiger partial charge in [0.2, 0.25) is 0 Å². The summed E-state index contributed by atoms with van der Waals surface area (Å²) in [4.78, 5) is 4.82. The van der Waals surface area contributed by atoms with Gasteiger partial charge >= 0.3 is 0 Å². The largest absolute Gasteiger partial charge is 0.246 e. The molecule has 96 valence electrons. The lowest BCUT2D eigenvalue weighted by Crippen LogP contribution is -2.17. The Bertz CT molecular complexity index is 346. The summed E-state index contributed by atoms with van der Waals surface area (Å²) in [5.41, 5.74) is 1.29. The van der Waals surface area contributed by atoms with Crippen LogP contribution in [0.15, 0.2) is 5.38 Å². The molecule has 0 N–H and O–H groups in total. The van der Waals surface area contributed by atoms with Crippen LogP contribution in [-0.2, 0) is 0 Å². The quantitative estimate of drug-likeness (QED) is 0.720.